The molecule has 2 aromatic rings. The number of halogens is 2. The molecule has 1 N–H and O–H groups in total. The monoisotopic (exact) mass is 309 g/mol. The van der Waals surface area contributed by atoms with Gasteiger partial charge in [-0.25, -0.2) is 4.39 Å². The fourth-order valence-corrected chi connectivity index (χ4v) is 2.36. The van der Waals surface area contributed by atoms with E-state index in [0.717, 1.165) is 16.8 Å². The zero-order chi connectivity index (χ0) is 13.1. The Labute approximate surface area is 114 Å². The lowest BCUT2D eigenvalue weighted by molar-refractivity contribution is 0.178. The zero-order valence-corrected chi connectivity index (χ0v) is 11.5. The Bertz CT molecular complexity index is 539. The fourth-order valence-electron chi connectivity index (χ4n) is 1.84. The molecule has 0 spiro atoms. The number of aliphatic hydroxyl groups is 1. The van der Waals surface area contributed by atoms with Gasteiger partial charge in [-0.1, -0.05) is 15.9 Å². The first-order valence-electron chi connectivity index (χ1n) is 5.60. The summed E-state index contributed by atoms with van der Waals surface area (Å²) in [5.41, 5.74) is 2.40. The topological polar surface area (TPSA) is 33.1 Å². The van der Waals surface area contributed by atoms with E-state index in [-0.39, 0.29) is 5.82 Å². The molecule has 0 saturated carbocycles. The summed E-state index contributed by atoms with van der Waals surface area (Å²) in [5, 5.41) is 10.1. The summed E-state index contributed by atoms with van der Waals surface area (Å²) < 4.78 is 13.9. The van der Waals surface area contributed by atoms with Crippen LogP contribution in [0.2, 0.25) is 0 Å². The van der Waals surface area contributed by atoms with E-state index in [1.165, 1.54) is 12.1 Å². The van der Waals surface area contributed by atoms with E-state index in [1.807, 2.05) is 13.0 Å². The van der Waals surface area contributed by atoms with Crippen molar-refractivity contribution in [1.82, 2.24) is 4.98 Å². The Morgan fingerprint density at radius 3 is 2.78 bits per heavy atom. The highest BCUT2D eigenvalue weighted by molar-refractivity contribution is 9.10. The molecule has 1 heterocycles. The highest BCUT2D eigenvalue weighted by atomic mass is 79.9. The van der Waals surface area contributed by atoms with Crippen molar-refractivity contribution < 1.29 is 9.50 Å². The molecule has 0 bridgehead atoms. The van der Waals surface area contributed by atoms with Gasteiger partial charge in [0.15, 0.2) is 0 Å². The zero-order valence-electron chi connectivity index (χ0n) is 9.90. The van der Waals surface area contributed by atoms with Crippen LogP contribution in [0.15, 0.2) is 41.0 Å². The van der Waals surface area contributed by atoms with E-state index < -0.39 is 6.10 Å². The van der Waals surface area contributed by atoms with E-state index >= 15 is 0 Å². The normalized spacial score (nSPS) is 12.4. The minimum absolute atomic E-state index is 0.308. The molecule has 1 aromatic heterocycles. The molecule has 0 aliphatic heterocycles. The maximum Gasteiger partial charge on any atom is 0.124 e. The smallest absolute Gasteiger partial charge is 0.124 e. The van der Waals surface area contributed by atoms with Gasteiger partial charge in [0.2, 0.25) is 0 Å². The van der Waals surface area contributed by atoms with E-state index in [2.05, 4.69) is 20.9 Å². The van der Waals surface area contributed by atoms with Crippen LogP contribution < -0.4 is 0 Å². The summed E-state index contributed by atoms with van der Waals surface area (Å²) in [6.45, 7) is 1.87. The second-order valence-electron chi connectivity index (χ2n) is 4.23. The van der Waals surface area contributed by atoms with Crippen LogP contribution in [-0.4, -0.2) is 10.1 Å². The van der Waals surface area contributed by atoms with Crippen molar-refractivity contribution in [1.29, 1.82) is 0 Å². The lowest BCUT2D eigenvalue weighted by Gasteiger charge is -2.12. The number of pyridine rings is 1. The Kier molecular flexibility index (Phi) is 4.09. The lowest BCUT2D eigenvalue weighted by atomic mass is 10.0. The van der Waals surface area contributed by atoms with Crippen molar-refractivity contribution in [2.45, 2.75) is 19.4 Å². The molecule has 1 atom stereocenters. The highest BCUT2D eigenvalue weighted by Crippen LogP contribution is 2.21. The number of hydrogen-bond acceptors (Lipinski definition) is 2. The van der Waals surface area contributed by atoms with Gasteiger partial charge in [0.05, 0.1) is 6.10 Å². The summed E-state index contributed by atoms with van der Waals surface area (Å²) >= 11 is 3.24. The number of rotatable bonds is 3. The van der Waals surface area contributed by atoms with Crippen molar-refractivity contribution in [3.05, 3.63) is 63.6 Å². The van der Waals surface area contributed by atoms with Crippen molar-refractivity contribution in [2.24, 2.45) is 0 Å². The Morgan fingerprint density at radius 2 is 2.11 bits per heavy atom. The summed E-state index contributed by atoms with van der Waals surface area (Å²) in [7, 11) is 0. The molecule has 0 radical (unpaired) electrons. The van der Waals surface area contributed by atoms with Gasteiger partial charge in [0.25, 0.3) is 0 Å². The van der Waals surface area contributed by atoms with Crippen molar-refractivity contribution in [2.75, 3.05) is 0 Å². The van der Waals surface area contributed by atoms with Crippen LogP contribution in [0.25, 0.3) is 0 Å². The van der Waals surface area contributed by atoms with Gasteiger partial charge in [0, 0.05) is 22.8 Å². The van der Waals surface area contributed by atoms with Crippen LogP contribution in [0.3, 0.4) is 0 Å². The third-order valence-corrected chi connectivity index (χ3v) is 3.11. The largest absolute Gasteiger partial charge is 0.388 e. The Morgan fingerprint density at radius 1 is 1.33 bits per heavy atom. The number of aryl methyl sites for hydroxylation is 1. The van der Waals surface area contributed by atoms with Gasteiger partial charge in [-0.2, -0.15) is 0 Å². The second-order valence-corrected chi connectivity index (χ2v) is 5.14. The molecule has 2 nitrogen and oxygen atoms in total. The predicted molar refractivity (Wildman–Crippen MR) is 71.7 cm³/mol. The molecule has 0 saturated heterocycles. The molecule has 0 aliphatic carbocycles. The summed E-state index contributed by atoms with van der Waals surface area (Å²) in [5.74, 6) is -0.308. The van der Waals surface area contributed by atoms with Crippen LogP contribution in [0.5, 0.6) is 0 Å². The maximum atomic E-state index is 13.2. The highest BCUT2D eigenvalue weighted by Gasteiger charge is 2.10. The number of aliphatic hydroxyl groups excluding tert-OH is 1. The van der Waals surface area contributed by atoms with Crippen LogP contribution in [0.1, 0.15) is 22.9 Å². The predicted octanol–water partition coefficient (Wildman–Crippen LogP) is 3.57. The van der Waals surface area contributed by atoms with Gasteiger partial charge in [-0.15, -0.1) is 0 Å². The molecule has 18 heavy (non-hydrogen) atoms. The van der Waals surface area contributed by atoms with Crippen molar-refractivity contribution >= 4 is 15.9 Å². The first kappa shape index (κ1) is 13.2. The number of hydrogen-bond donors (Lipinski definition) is 1. The number of aromatic nitrogens is 1. The van der Waals surface area contributed by atoms with Gasteiger partial charge in [0.1, 0.15) is 5.82 Å². The van der Waals surface area contributed by atoms with Gasteiger partial charge < -0.3 is 5.11 Å². The van der Waals surface area contributed by atoms with E-state index in [4.69, 9.17) is 0 Å². The molecule has 4 heteroatoms. The standard InChI is InChI=1S/C14H13BrFNO/c1-9-4-11(2-3-17-9)14(18)7-10-5-12(15)8-13(16)6-10/h2-6,8,14,18H,7H2,1H3. The summed E-state index contributed by atoms with van der Waals surface area (Å²) in [6, 6.07) is 8.24. The van der Waals surface area contributed by atoms with Gasteiger partial charge in [-0.05, 0) is 48.4 Å². The average molecular weight is 310 g/mol. The molecule has 1 unspecified atom stereocenters. The molecular formula is C14H13BrFNO. The van der Waals surface area contributed by atoms with E-state index in [0.29, 0.717) is 10.9 Å². The Balaban J connectivity index is 2.18. The molecule has 1 aromatic carbocycles. The van der Waals surface area contributed by atoms with Crippen LogP contribution >= 0.6 is 15.9 Å². The van der Waals surface area contributed by atoms with Gasteiger partial charge >= 0.3 is 0 Å². The Hall–Kier alpha value is -1.26. The maximum absolute atomic E-state index is 13.2. The van der Waals surface area contributed by atoms with Crippen LogP contribution in [0.4, 0.5) is 4.39 Å². The van der Waals surface area contributed by atoms with Crippen LogP contribution in [0, 0.1) is 12.7 Å². The third-order valence-electron chi connectivity index (χ3n) is 2.66. The second kappa shape index (κ2) is 5.59. The van der Waals surface area contributed by atoms with Crippen molar-refractivity contribution in [3.8, 4) is 0 Å². The van der Waals surface area contributed by atoms with E-state index in [9.17, 15) is 9.50 Å². The fraction of sp³-hybridized carbons (Fsp3) is 0.214. The van der Waals surface area contributed by atoms with Gasteiger partial charge in [-0.3, -0.25) is 4.98 Å². The minimum Gasteiger partial charge on any atom is -0.388 e. The summed E-state index contributed by atoms with van der Waals surface area (Å²) in [6.07, 6.45) is 1.38. The van der Waals surface area contributed by atoms with Crippen molar-refractivity contribution in [3.63, 3.8) is 0 Å². The first-order chi connectivity index (χ1) is 8.54. The number of benzene rings is 1. The minimum atomic E-state index is -0.652. The molecular weight excluding hydrogens is 297 g/mol. The van der Waals surface area contributed by atoms with Crippen LogP contribution in [-0.2, 0) is 6.42 Å². The molecule has 0 fully saturated rings. The molecule has 0 amide bonds. The first-order valence-corrected chi connectivity index (χ1v) is 6.39. The lowest BCUT2D eigenvalue weighted by Crippen LogP contribution is -2.03. The quantitative estimate of drug-likeness (QED) is 0.940. The molecule has 0 aliphatic rings. The molecule has 94 valence electrons. The average Bonchev–Trinajstić information content (AvgIpc) is 2.27. The van der Waals surface area contributed by atoms with E-state index in [1.54, 1.807) is 18.3 Å². The third kappa shape index (κ3) is 3.37. The summed E-state index contributed by atoms with van der Waals surface area (Å²) in [4.78, 5) is 4.08. The SMILES string of the molecule is Cc1cc(C(O)Cc2cc(F)cc(Br)c2)ccn1. The molecule has 2 rings (SSSR count). The number of nitrogens with zero attached hydrogens (tertiary/aromatic N) is 1.